The number of rotatable bonds is 5. The molecule has 0 bridgehead atoms. The molecule has 1 saturated carbocycles. The van der Waals surface area contributed by atoms with Gasteiger partial charge in [-0.2, -0.15) is 0 Å². The van der Waals surface area contributed by atoms with Gasteiger partial charge in [0, 0.05) is 11.6 Å². The Morgan fingerprint density at radius 2 is 1.95 bits per heavy atom. The molecule has 0 saturated heterocycles. The first-order chi connectivity index (χ1) is 9.06. The SMILES string of the molecule is Cc1cc(Cl)c(NCC(O)CC2CCCC2)cc1Cl. The largest absolute Gasteiger partial charge is 0.391 e. The summed E-state index contributed by atoms with van der Waals surface area (Å²) >= 11 is 12.2. The van der Waals surface area contributed by atoms with E-state index in [2.05, 4.69) is 5.32 Å². The first-order valence-electron chi connectivity index (χ1n) is 6.94. The highest BCUT2D eigenvalue weighted by Gasteiger charge is 2.18. The molecule has 0 aromatic heterocycles. The van der Waals surface area contributed by atoms with Gasteiger partial charge in [-0.15, -0.1) is 0 Å². The topological polar surface area (TPSA) is 32.3 Å². The smallest absolute Gasteiger partial charge is 0.0715 e. The zero-order chi connectivity index (χ0) is 13.8. The quantitative estimate of drug-likeness (QED) is 0.829. The van der Waals surface area contributed by atoms with Gasteiger partial charge in [-0.25, -0.2) is 0 Å². The molecule has 0 amide bonds. The molecule has 1 aromatic carbocycles. The lowest BCUT2D eigenvalue weighted by molar-refractivity contribution is 0.155. The lowest BCUT2D eigenvalue weighted by Crippen LogP contribution is -2.22. The summed E-state index contributed by atoms with van der Waals surface area (Å²) in [6, 6.07) is 3.66. The van der Waals surface area contributed by atoms with Crippen molar-refractivity contribution >= 4 is 28.9 Å². The molecule has 2 nitrogen and oxygen atoms in total. The number of halogens is 2. The summed E-state index contributed by atoms with van der Waals surface area (Å²) in [5.74, 6) is 0.689. The van der Waals surface area contributed by atoms with Gasteiger partial charge in [-0.3, -0.25) is 0 Å². The van der Waals surface area contributed by atoms with Crippen molar-refractivity contribution in [2.45, 2.75) is 45.1 Å². The van der Waals surface area contributed by atoms with Crippen LogP contribution in [0.3, 0.4) is 0 Å². The zero-order valence-corrected chi connectivity index (χ0v) is 12.8. The van der Waals surface area contributed by atoms with E-state index in [1.54, 1.807) is 0 Å². The van der Waals surface area contributed by atoms with Crippen LogP contribution in [0.2, 0.25) is 10.0 Å². The second-order valence-electron chi connectivity index (χ2n) is 5.50. The molecule has 2 rings (SSSR count). The monoisotopic (exact) mass is 301 g/mol. The summed E-state index contributed by atoms with van der Waals surface area (Å²) < 4.78 is 0. The van der Waals surface area contributed by atoms with Gasteiger partial charge in [0.05, 0.1) is 16.8 Å². The summed E-state index contributed by atoms with van der Waals surface area (Å²) in [6.45, 7) is 2.45. The Hall–Kier alpha value is -0.440. The second kappa shape index (κ2) is 6.83. The van der Waals surface area contributed by atoms with Gasteiger partial charge in [-0.05, 0) is 37.0 Å². The van der Waals surface area contributed by atoms with E-state index in [1.807, 2.05) is 19.1 Å². The molecular weight excluding hydrogens is 281 g/mol. The van der Waals surface area contributed by atoms with Crippen molar-refractivity contribution < 1.29 is 5.11 Å². The van der Waals surface area contributed by atoms with Gasteiger partial charge < -0.3 is 10.4 Å². The minimum absolute atomic E-state index is 0.320. The Labute approximate surface area is 125 Å². The number of aliphatic hydroxyl groups excluding tert-OH is 1. The third kappa shape index (κ3) is 4.27. The summed E-state index contributed by atoms with van der Waals surface area (Å²) in [7, 11) is 0. The number of hydrogen-bond donors (Lipinski definition) is 2. The van der Waals surface area contributed by atoms with Crippen LogP contribution in [-0.2, 0) is 0 Å². The molecule has 1 atom stereocenters. The van der Waals surface area contributed by atoms with Crippen molar-refractivity contribution in [2.75, 3.05) is 11.9 Å². The molecule has 1 aromatic rings. The Kier molecular flexibility index (Phi) is 5.37. The van der Waals surface area contributed by atoms with Crippen LogP contribution in [0.15, 0.2) is 12.1 Å². The van der Waals surface area contributed by atoms with Crippen molar-refractivity contribution in [3.63, 3.8) is 0 Å². The number of anilines is 1. The summed E-state index contributed by atoms with van der Waals surface area (Å²) in [4.78, 5) is 0. The maximum Gasteiger partial charge on any atom is 0.0715 e. The number of nitrogens with one attached hydrogen (secondary N) is 1. The molecule has 2 N–H and O–H groups in total. The molecule has 1 unspecified atom stereocenters. The van der Waals surface area contributed by atoms with E-state index in [1.165, 1.54) is 25.7 Å². The van der Waals surface area contributed by atoms with Crippen LogP contribution in [0, 0.1) is 12.8 Å². The van der Waals surface area contributed by atoms with Crippen LogP contribution in [0.4, 0.5) is 5.69 Å². The summed E-state index contributed by atoms with van der Waals surface area (Å²) in [5, 5.41) is 14.6. The summed E-state index contributed by atoms with van der Waals surface area (Å²) in [5.41, 5.74) is 1.76. The number of hydrogen-bond acceptors (Lipinski definition) is 2. The van der Waals surface area contributed by atoms with Crippen LogP contribution in [0.25, 0.3) is 0 Å². The van der Waals surface area contributed by atoms with Gasteiger partial charge >= 0.3 is 0 Å². The highest BCUT2D eigenvalue weighted by atomic mass is 35.5. The molecule has 0 heterocycles. The molecule has 1 aliphatic rings. The van der Waals surface area contributed by atoms with Gasteiger partial charge in [0.1, 0.15) is 0 Å². The standard InChI is InChI=1S/C15H21Cl2NO/c1-10-6-14(17)15(8-13(10)16)18-9-12(19)7-11-4-2-3-5-11/h6,8,11-12,18-19H,2-5,7,9H2,1H3. The maximum absolute atomic E-state index is 10.0. The molecule has 19 heavy (non-hydrogen) atoms. The van der Waals surface area contributed by atoms with E-state index in [0.29, 0.717) is 22.5 Å². The highest BCUT2D eigenvalue weighted by Crippen LogP contribution is 2.30. The van der Waals surface area contributed by atoms with Gasteiger partial charge in [0.15, 0.2) is 0 Å². The number of benzene rings is 1. The molecule has 4 heteroatoms. The van der Waals surface area contributed by atoms with Crippen molar-refractivity contribution in [1.82, 2.24) is 0 Å². The predicted molar refractivity (Wildman–Crippen MR) is 82.3 cm³/mol. The summed E-state index contributed by atoms with van der Waals surface area (Å²) in [6.07, 6.45) is 5.69. The number of aryl methyl sites for hydroxylation is 1. The molecule has 1 fully saturated rings. The van der Waals surface area contributed by atoms with E-state index in [0.717, 1.165) is 17.7 Å². The van der Waals surface area contributed by atoms with Gasteiger partial charge in [0.2, 0.25) is 0 Å². The van der Waals surface area contributed by atoms with Crippen molar-refractivity contribution in [3.05, 3.63) is 27.7 Å². The third-order valence-corrected chi connectivity index (χ3v) is 4.58. The average molecular weight is 302 g/mol. The predicted octanol–water partition coefficient (Wildman–Crippen LogP) is 4.65. The van der Waals surface area contributed by atoms with Crippen molar-refractivity contribution in [3.8, 4) is 0 Å². The third-order valence-electron chi connectivity index (χ3n) is 3.86. The van der Waals surface area contributed by atoms with E-state index >= 15 is 0 Å². The number of aliphatic hydroxyl groups is 1. The molecule has 0 radical (unpaired) electrons. The van der Waals surface area contributed by atoms with Crippen molar-refractivity contribution in [2.24, 2.45) is 5.92 Å². The van der Waals surface area contributed by atoms with Crippen LogP contribution in [0.1, 0.15) is 37.7 Å². The fraction of sp³-hybridized carbons (Fsp3) is 0.600. The minimum Gasteiger partial charge on any atom is -0.391 e. The van der Waals surface area contributed by atoms with E-state index in [4.69, 9.17) is 23.2 Å². The molecular formula is C15H21Cl2NO. The van der Waals surface area contributed by atoms with Crippen LogP contribution >= 0.6 is 23.2 Å². The highest BCUT2D eigenvalue weighted by molar-refractivity contribution is 6.35. The molecule has 0 aliphatic heterocycles. The van der Waals surface area contributed by atoms with Crippen LogP contribution in [-0.4, -0.2) is 17.8 Å². The normalized spacial score (nSPS) is 17.7. The Morgan fingerprint density at radius 3 is 2.63 bits per heavy atom. The van der Waals surface area contributed by atoms with E-state index in [9.17, 15) is 5.11 Å². The average Bonchev–Trinajstić information content (AvgIpc) is 2.85. The fourth-order valence-corrected chi connectivity index (χ4v) is 3.17. The van der Waals surface area contributed by atoms with Gasteiger partial charge in [0.25, 0.3) is 0 Å². The maximum atomic E-state index is 10.0. The lowest BCUT2D eigenvalue weighted by Gasteiger charge is -2.17. The first-order valence-corrected chi connectivity index (χ1v) is 7.69. The van der Waals surface area contributed by atoms with E-state index in [-0.39, 0.29) is 6.10 Å². The zero-order valence-electron chi connectivity index (χ0n) is 11.3. The lowest BCUT2D eigenvalue weighted by atomic mass is 10.00. The van der Waals surface area contributed by atoms with Crippen molar-refractivity contribution in [1.29, 1.82) is 0 Å². The fourth-order valence-electron chi connectivity index (χ4n) is 2.72. The van der Waals surface area contributed by atoms with Gasteiger partial charge in [-0.1, -0.05) is 48.9 Å². The van der Waals surface area contributed by atoms with Crippen LogP contribution < -0.4 is 5.32 Å². The Morgan fingerprint density at radius 1 is 1.26 bits per heavy atom. The minimum atomic E-state index is -0.320. The molecule has 106 valence electrons. The van der Waals surface area contributed by atoms with E-state index < -0.39 is 0 Å². The molecule has 0 spiro atoms. The second-order valence-corrected chi connectivity index (χ2v) is 6.32. The Bertz CT molecular complexity index is 430. The first kappa shape index (κ1) is 15.0. The Balaban J connectivity index is 1.85. The molecule has 1 aliphatic carbocycles. The van der Waals surface area contributed by atoms with Crippen LogP contribution in [0.5, 0.6) is 0 Å².